The summed E-state index contributed by atoms with van der Waals surface area (Å²) >= 11 is 0. The summed E-state index contributed by atoms with van der Waals surface area (Å²) in [5.41, 5.74) is -2.07. The molecule has 0 radical (unpaired) electrons. The molecular weight excluding hydrogens is 463 g/mol. The van der Waals surface area contributed by atoms with Crippen LogP contribution in [0.3, 0.4) is 0 Å². The third-order valence-corrected chi connectivity index (χ3v) is 11.0. The van der Waals surface area contributed by atoms with Crippen molar-refractivity contribution in [1.29, 1.82) is 0 Å². The molecule has 0 aromatic rings. The highest BCUT2D eigenvalue weighted by molar-refractivity contribution is 5.93. The average Bonchev–Trinajstić information content (AvgIpc) is 3.25. The van der Waals surface area contributed by atoms with Crippen molar-refractivity contribution < 1.29 is 28.2 Å². The van der Waals surface area contributed by atoms with Crippen molar-refractivity contribution in [3.63, 3.8) is 0 Å². The van der Waals surface area contributed by atoms with E-state index in [-0.39, 0.29) is 53.3 Å². The fourth-order valence-electron chi connectivity index (χ4n) is 8.42. The number of hydrogen-bond donors (Lipinski definition) is 1. The van der Waals surface area contributed by atoms with Gasteiger partial charge in [0.15, 0.2) is 0 Å². The van der Waals surface area contributed by atoms with Crippen LogP contribution in [0.2, 0.25) is 0 Å². The van der Waals surface area contributed by atoms with E-state index in [1.165, 1.54) is 0 Å². The summed E-state index contributed by atoms with van der Waals surface area (Å²) in [5, 5.41) is 2.47. The van der Waals surface area contributed by atoms with E-state index < -0.39 is 29.7 Å². The SMILES string of the molecule is CO[C@H]1CCC23CC[C@@H](C)[C@](C)(C12)[C@H](OC(=O)NC(=O)C1CCN(C)CC1)C[C@@](C)(CF)C(=O)[C@@H]3C. The maximum absolute atomic E-state index is 14.6. The van der Waals surface area contributed by atoms with Crippen molar-refractivity contribution in [2.75, 3.05) is 33.9 Å². The fraction of sp³-hybridized carbons (Fsp3) is 0.893. The molecule has 4 aliphatic rings. The van der Waals surface area contributed by atoms with Crippen LogP contribution in [0.5, 0.6) is 0 Å². The number of piperidine rings is 1. The Kier molecular flexibility index (Phi) is 7.62. The zero-order chi connectivity index (χ0) is 26.5. The van der Waals surface area contributed by atoms with Crippen LogP contribution in [0.25, 0.3) is 0 Å². The number of likely N-dealkylation sites (tertiary alicyclic amines) is 1. The minimum Gasteiger partial charge on any atom is -0.445 e. The van der Waals surface area contributed by atoms with E-state index in [0.717, 1.165) is 38.8 Å². The number of methoxy groups -OCH3 is 1. The van der Waals surface area contributed by atoms with E-state index >= 15 is 0 Å². The molecule has 7 nitrogen and oxygen atoms in total. The van der Waals surface area contributed by atoms with Gasteiger partial charge < -0.3 is 14.4 Å². The second-order valence-electron chi connectivity index (χ2n) is 12.8. The molecule has 1 saturated heterocycles. The first-order valence-corrected chi connectivity index (χ1v) is 13.8. The molecule has 8 atom stereocenters. The lowest BCUT2D eigenvalue weighted by molar-refractivity contribution is -0.192. The van der Waals surface area contributed by atoms with Crippen LogP contribution in [0.1, 0.15) is 72.6 Å². The number of ether oxygens (including phenoxy) is 2. The highest BCUT2D eigenvalue weighted by Gasteiger charge is 2.68. The zero-order valence-corrected chi connectivity index (χ0v) is 22.9. The number of halogens is 1. The van der Waals surface area contributed by atoms with Crippen molar-refractivity contribution >= 4 is 17.8 Å². The van der Waals surface area contributed by atoms with E-state index in [9.17, 15) is 18.8 Å². The van der Waals surface area contributed by atoms with Gasteiger partial charge >= 0.3 is 6.09 Å². The smallest absolute Gasteiger partial charge is 0.414 e. The molecule has 2 amide bonds. The number of alkyl halides is 1. The number of rotatable bonds is 4. The Balaban J connectivity index is 1.66. The van der Waals surface area contributed by atoms with Crippen molar-refractivity contribution in [2.24, 2.45) is 39.9 Å². The summed E-state index contributed by atoms with van der Waals surface area (Å²) in [7, 11) is 3.73. The molecule has 4 rings (SSSR count). The molecule has 4 fully saturated rings. The first kappa shape index (κ1) is 27.5. The third-order valence-electron chi connectivity index (χ3n) is 11.0. The molecule has 3 aliphatic carbocycles. The normalized spacial score (nSPS) is 43.9. The third kappa shape index (κ3) is 4.30. The van der Waals surface area contributed by atoms with Crippen LogP contribution in [-0.4, -0.2) is 68.8 Å². The highest BCUT2D eigenvalue weighted by Crippen LogP contribution is 2.68. The van der Waals surface area contributed by atoms with Gasteiger partial charge in [0, 0.05) is 30.3 Å². The quantitative estimate of drug-likeness (QED) is 0.607. The molecule has 204 valence electrons. The lowest BCUT2D eigenvalue weighted by Crippen LogP contribution is -2.63. The summed E-state index contributed by atoms with van der Waals surface area (Å²) in [6.07, 6.45) is 3.41. The monoisotopic (exact) mass is 508 g/mol. The van der Waals surface area contributed by atoms with Crippen molar-refractivity contribution in [2.45, 2.75) is 84.8 Å². The highest BCUT2D eigenvalue weighted by atomic mass is 19.1. The zero-order valence-electron chi connectivity index (χ0n) is 22.9. The average molecular weight is 509 g/mol. The topological polar surface area (TPSA) is 84.9 Å². The Hall–Kier alpha value is -1.54. The number of hydrogen-bond acceptors (Lipinski definition) is 6. The molecule has 2 unspecified atom stereocenters. The van der Waals surface area contributed by atoms with E-state index in [1.807, 2.05) is 14.0 Å². The number of imide groups is 1. The maximum atomic E-state index is 14.6. The van der Waals surface area contributed by atoms with Gasteiger partial charge in [-0.15, -0.1) is 0 Å². The van der Waals surface area contributed by atoms with E-state index in [1.54, 1.807) is 14.0 Å². The Morgan fingerprint density at radius 1 is 1.11 bits per heavy atom. The summed E-state index contributed by atoms with van der Waals surface area (Å²) in [4.78, 5) is 42.0. The van der Waals surface area contributed by atoms with Crippen LogP contribution in [0.4, 0.5) is 9.18 Å². The summed E-state index contributed by atoms with van der Waals surface area (Å²) in [5.74, 6) is -0.740. The van der Waals surface area contributed by atoms with E-state index in [4.69, 9.17) is 9.47 Å². The van der Waals surface area contributed by atoms with Gasteiger partial charge in [-0.2, -0.15) is 0 Å². The van der Waals surface area contributed by atoms with Crippen LogP contribution in [0, 0.1) is 39.9 Å². The van der Waals surface area contributed by atoms with Gasteiger partial charge in [0.25, 0.3) is 0 Å². The predicted molar refractivity (Wildman–Crippen MR) is 134 cm³/mol. The van der Waals surface area contributed by atoms with Crippen LogP contribution < -0.4 is 5.32 Å². The van der Waals surface area contributed by atoms with E-state index in [2.05, 4.69) is 24.1 Å². The molecule has 1 heterocycles. The van der Waals surface area contributed by atoms with Gasteiger partial charge in [-0.05, 0) is 83.3 Å². The van der Waals surface area contributed by atoms with Crippen LogP contribution in [-0.2, 0) is 19.1 Å². The number of alkyl carbamates (subject to hydrolysis) is 1. The lowest BCUT2D eigenvalue weighted by Gasteiger charge is -2.61. The van der Waals surface area contributed by atoms with Crippen LogP contribution >= 0.6 is 0 Å². The molecule has 0 aromatic heterocycles. The second-order valence-corrected chi connectivity index (χ2v) is 12.8. The number of Topliss-reactive ketones (excluding diaryl/α,β-unsaturated/α-hetero) is 1. The Labute approximate surface area is 215 Å². The van der Waals surface area contributed by atoms with Crippen molar-refractivity contribution in [3.05, 3.63) is 0 Å². The first-order chi connectivity index (χ1) is 16.9. The minimum atomic E-state index is -1.25. The van der Waals surface area contributed by atoms with Gasteiger partial charge in [-0.3, -0.25) is 19.3 Å². The predicted octanol–water partition coefficient (Wildman–Crippen LogP) is 4.38. The summed E-state index contributed by atoms with van der Waals surface area (Å²) < 4.78 is 26.7. The summed E-state index contributed by atoms with van der Waals surface area (Å²) in [6, 6.07) is 0. The number of nitrogens with zero attached hydrogens (tertiary/aromatic N) is 1. The molecular formula is C28H45FN2O5. The number of carbonyl (C=O) groups is 3. The molecule has 0 aromatic carbocycles. The van der Waals surface area contributed by atoms with Gasteiger partial charge in [0.2, 0.25) is 5.91 Å². The summed E-state index contributed by atoms with van der Waals surface area (Å²) in [6.45, 7) is 8.79. The van der Waals surface area contributed by atoms with E-state index in [0.29, 0.717) is 12.8 Å². The van der Waals surface area contributed by atoms with Crippen molar-refractivity contribution in [1.82, 2.24) is 10.2 Å². The van der Waals surface area contributed by atoms with Gasteiger partial charge in [0.05, 0.1) is 11.5 Å². The molecule has 3 saturated carbocycles. The van der Waals surface area contributed by atoms with Crippen LogP contribution in [0.15, 0.2) is 0 Å². The second kappa shape index (κ2) is 9.97. The fourth-order valence-corrected chi connectivity index (χ4v) is 8.42. The largest absolute Gasteiger partial charge is 0.445 e. The van der Waals surface area contributed by atoms with Gasteiger partial charge in [0.1, 0.15) is 18.6 Å². The lowest BCUT2D eigenvalue weighted by atomic mass is 9.44. The molecule has 36 heavy (non-hydrogen) atoms. The standard InChI is InChI=1S/C28H45FN2O5/c1-17-7-11-28-12-8-20(35-6)22(28)27(17,4)21(15-26(3,16-29)23(32)18(28)2)36-25(34)30-24(33)19-9-13-31(5)14-10-19/h17-22H,7-16H2,1-6H3,(H,30,33,34)/t17-,18+,20+,21-,22?,26+,27+,28?/m1/s1. The molecule has 1 N–H and O–H groups in total. The van der Waals surface area contributed by atoms with Crippen molar-refractivity contribution in [3.8, 4) is 0 Å². The number of amides is 2. The first-order valence-electron chi connectivity index (χ1n) is 13.8. The maximum Gasteiger partial charge on any atom is 0.414 e. The molecule has 0 spiro atoms. The number of nitrogens with one attached hydrogen (secondary N) is 1. The Bertz CT molecular complexity index is 876. The molecule has 8 heteroatoms. The molecule has 2 bridgehead atoms. The molecule has 1 aliphatic heterocycles. The Morgan fingerprint density at radius 3 is 2.36 bits per heavy atom. The Morgan fingerprint density at radius 2 is 1.75 bits per heavy atom. The van der Waals surface area contributed by atoms with Gasteiger partial charge in [-0.1, -0.05) is 20.8 Å². The number of ketones is 1. The van der Waals surface area contributed by atoms with Gasteiger partial charge in [-0.25, -0.2) is 4.79 Å². The number of carbonyl (C=O) groups excluding carboxylic acids is 3. The minimum absolute atomic E-state index is 0.00393.